The van der Waals surface area contributed by atoms with Crippen molar-refractivity contribution in [1.82, 2.24) is 4.90 Å². The zero-order valence-corrected chi connectivity index (χ0v) is 11.1. The van der Waals surface area contributed by atoms with Crippen molar-refractivity contribution in [1.29, 1.82) is 0 Å². The van der Waals surface area contributed by atoms with Crippen molar-refractivity contribution >= 4 is 29.3 Å². The number of rotatable bonds is 5. The number of carbonyl (C=O) groups is 2. The van der Waals surface area contributed by atoms with E-state index in [2.05, 4.69) is 5.32 Å². The molecule has 0 atom stereocenters. The standard InChI is InChI=1S/C12H15ClN2O4/c1-2-15(5-6-16)12(19)14-10-7-8(11(17)18)3-4-9(10)13/h3-4,7,16H,2,5-6H2,1H3,(H,14,19)(H,17,18). The lowest BCUT2D eigenvalue weighted by Crippen LogP contribution is -2.36. The second kappa shape index (κ2) is 6.96. The van der Waals surface area contributed by atoms with E-state index in [0.29, 0.717) is 6.54 Å². The highest BCUT2D eigenvalue weighted by Crippen LogP contribution is 2.23. The van der Waals surface area contributed by atoms with E-state index in [4.69, 9.17) is 21.8 Å². The van der Waals surface area contributed by atoms with Gasteiger partial charge in [0, 0.05) is 13.1 Å². The number of anilines is 1. The molecule has 0 aliphatic rings. The van der Waals surface area contributed by atoms with Crippen molar-refractivity contribution in [2.24, 2.45) is 0 Å². The van der Waals surface area contributed by atoms with Crippen LogP contribution in [0.5, 0.6) is 0 Å². The molecular weight excluding hydrogens is 272 g/mol. The van der Waals surface area contributed by atoms with Crippen LogP contribution in [0, 0.1) is 0 Å². The molecule has 0 saturated heterocycles. The number of carboxylic acid groups (broad SMARTS) is 1. The minimum absolute atomic E-state index is 0.0323. The predicted octanol–water partition coefficient (Wildman–Crippen LogP) is 1.88. The van der Waals surface area contributed by atoms with Crippen LogP contribution in [0.3, 0.4) is 0 Å². The van der Waals surface area contributed by atoms with E-state index >= 15 is 0 Å². The second-order valence-electron chi connectivity index (χ2n) is 3.73. The number of nitrogens with zero attached hydrogens (tertiary/aromatic N) is 1. The van der Waals surface area contributed by atoms with Crippen molar-refractivity contribution < 1.29 is 19.8 Å². The zero-order valence-electron chi connectivity index (χ0n) is 10.4. The van der Waals surface area contributed by atoms with Crippen molar-refractivity contribution in [2.75, 3.05) is 25.0 Å². The molecule has 1 aromatic carbocycles. The smallest absolute Gasteiger partial charge is 0.335 e. The SMILES string of the molecule is CCN(CCO)C(=O)Nc1cc(C(=O)O)ccc1Cl. The van der Waals surface area contributed by atoms with E-state index in [1.165, 1.54) is 23.1 Å². The van der Waals surface area contributed by atoms with E-state index in [1.807, 2.05) is 0 Å². The number of carboxylic acids is 1. The third-order valence-electron chi connectivity index (χ3n) is 2.49. The summed E-state index contributed by atoms with van der Waals surface area (Å²) in [5, 5.41) is 20.5. The third kappa shape index (κ3) is 4.11. The Morgan fingerprint density at radius 3 is 2.63 bits per heavy atom. The van der Waals surface area contributed by atoms with E-state index < -0.39 is 12.0 Å². The maximum absolute atomic E-state index is 11.9. The summed E-state index contributed by atoms with van der Waals surface area (Å²) in [6, 6.07) is 3.60. The first-order valence-corrected chi connectivity index (χ1v) is 6.07. The molecule has 0 aliphatic carbocycles. The number of nitrogens with one attached hydrogen (secondary N) is 1. The molecule has 0 bridgehead atoms. The predicted molar refractivity (Wildman–Crippen MR) is 71.8 cm³/mol. The van der Waals surface area contributed by atoms with Crippen LogP contribution in [-0.4, -0.2) is 46.8 Å². The molecule has 0 radical (unpaired) electrons. The van der Waals surface area contributed by atoms with Gasteiger partial charge in [0.2, 0.25) is 0 Å². The van der Waals surface area contributed by atoms with Crippen molar-refractivity contribution in [3.8, 4) is 0 Å². The van der Waals surface area contributed by atoms with Crippen LogP contribution in [0.2, 0.25) is 5.02 Å². The van der Waals surface area contributed by atoms with Gasteiger partial charge in [0.25, 0.3) is 0 Å². The van der Waals surface area contributed by atoms with Gasteiger partial charge >= 0.3 is 12.0 Å². The Balaban J connectivity index is 2.89. The van der Waals surface area contributed by atoms with Gasteiger partial charge < -0.3 is 20.4 Å². The van der Waals surface area contributed by atoms with E-state index in [0.717, 1.165) is 0 Å². The van der Waals surface area contributed by atoms with Crippen LogP contribution in [0.4, 0.5) is 10.5 Å². The monoisotopic (exact) mass is 286 g/mol. The number of aliphatic hydroxyl groups is 1. The Hall–Kier alpha value is -1.79. The number of hydrogen-bond donors (Lipinski definition) is 3. The van der Waals surface area contributed by atoms with E-state index in [1.54, 1.807) is 6.92 Å². The molecule has 19 heavy (non-hydrogen) atoms. The van der Waals surface area contributed by atoms with Gasteiger partial charge in [-0.3, -0.25) is 0 Å². The summed E-state index contributed by atoms with van der Waals surface area (Å²) in [5.41, 5.74) is 0.257. The normalized spacial score (nSPS) is 10.1. The minimum atomic E-state index is -1.10. The first-order chi connectivity index (χ1) is 8.99. The molecule has 6 nitrogen and oxygen atoms in total. The molecule has 1 aromatic rings. The first kappa shape index (κ1) is 15.3. The fraction of sp³-hybridized carbons (Fsp3) is 0.333. The topological polar surface area (TPSA) is 89.9 Å². The van der Waals surface area contributed by atoms with Crippen molar-refractivity contribution in [2.45, 2.75) is 6.92 Å². The number of aliphatic hydroxyl groups excluding tert-OH is 1. The molecule has 0 spiro atoms. The summed E-state index contributed by atoms with van der Waals surface area (Å²) in [7, 11) is 0. The van der Waals surface area contributed by atoms with Gasteiger partial charge in [-0.15, -0.1) is 0 Å². The lowest BCUT2D eigenvalue weighted by atomic mass is 10.2. The van der Waals surface area contributed by atoms with Crippen LogP contribution in [0.1, 0.15) is 17.3 Å². The lowest BCUT2D eigenvalue weighted by Gasteiger charge is -2.20. The van der Waals surface area contributed by atoms with Crippen molar-refractivity contribution in [3.05, 3.63) is 28.8 Å². The maximum Gasteiger partial charge on any atom is 0.335 e. The average molecular weight is 287 g/mol. The highest BCUT2D eigenvalue weighted by molar-refractivity contribution is 6.33. The van der Waals surface area contributed by atoms with Gasteiger partial charge in [-0.2, -0.15) is 0 Å². The Morgan fingerprint density at radius 2 is 2.11 bits per heavy atom. The molecule has 2 amide bonds. The van der Waals surface area contributed by atoms with Crippen LogP contribution >= 0.6 is 11.6 Å². The number of aromatic carboxylic acids is 1. The third-order valence-corrected chi connectivity index (χ3v) is 2.82. The fourth-order valence-electron chi connectivity index (χ4n) is 1.47. The molecule has 0 aliphatic heterocycles. The number of benzene rings is 1. The van der Waals surface area contributed by atoms with Crippen LogP contribution in [-0.2, 0) is 0 Å². The van der Waals surface area contributed by atoms with Gasteiger partial charge in [0.1, 0.15) is 0 Å². The number of likely N-dealkylation sites (N-methyl/N-ethyl adjacent to an activating group) is 1. The molecule has 0 unspecified atom stereocenters. The molecule has 3 N–H and O–H groups in total. The number of amides is 2. The summed E-state index contributed by atoms with van der Waals surface area (Å²) in [6.45, 7) is 2.23. The molecule has 0 heterocycles. The summed E-state index contributed by atoms with van der Waals surface area (Å²) in [5.74, 6) is -1.10. The molecule has 0 saturated carbocycles. The average Bonchev–Trinajstić information content (AvgIpc) is 2.38. The minimum Gasteiger partial charge on any atom is -0.478 e. The lowest BCUT2D eigenvalue weighted by molar-refractivity contribution is 0.0697. The largest absolute Gasteiger partial charge is 0.478 e. The molecule has 0 aromatic heterocycles. The van der Waals surface area contributed by atoms with Crippen LogP contribution in [0.15, 0.2) is 18.2 Å². The van der Waals surface area contributed by atoms with Gasteiger partial charge in [-0.25, -0.2) is 9.59 Å². The molecular formula is C12H15ClN2O4. The summed E-state index contributed by atoms with van der Waals surface area (Å²) < 4.78 is 0. The van der Waals surface area contributed by atoms with Crippen LogP contribution in [0.25, 0.3) is 0 Å². The van der Waals surface area contributed by atoms with Gasteiger partial charge in [-0.05, 0) is 25.1 Å². The number of carbonyl (C=O) groups excluding carboxylic acids is 1. The highest BCUT2D eigenvalue weighted by atomic mass is 35.5. The molecule has 104 valence electrons. The zero-order chi connectivity index (χ0) is 14.4. The van der Waals surface area contributed by atoms with E-state index in [-0.39, 0.29) is 29.4 Å². The highest BCUT2D eigenvalue weighted by Gasteiger charge is 2.14. The van der Waals surface area contributed by atoms with Gasteiger partial charge in [-0.1, -0.05) is 11.6 Å². The van der Waals surface area contributed by atoms with Gasteiger partial charge in [0.15, 0.2) is 0 Å². The van der Waals surface area contributed by atoms with Crippen LogP contribution < -0.4 is 5.32 Å². The summed E-state index contributed by atoms with van der Waals surface area (Å²) in [4.78, 5) is 24.1. The molecule has 0 fully saturated rings. The second-order valence-corrected chi connectivity index (χ2v) is 4.14. The Labute approximate surface area is 115 Å². The maximum atomic E-state index is 11.9. The Morgan fingerprint density at radius 1 is 1.42 bits per heavy atom. The Kier molecular flexibility index (Phi) is 5.59. The first-order valence-electron chi connectivity index (χ1n) is 5.69. The fourth-order valence-corrected chi connectivity index (χ4v) is 1.64. The Bertz CT molecular complexity index is 479. The molecule has 1 rings (SSSR count). The van der Waals surface area contributed by atoms with Gasteiger partial charge in [0.05, 0.1) is 22.9 Å². The summed E-state index contributed by atoms with van der Waals surface area (Å²) in [6.07, 6.45) is 0. The molecule has 7 heteroatoms. The quantitative estimate of drug-likeness (QED) is 0.771. The summed E-state index contributed by atoms with van der Waals surface area (Å²) >= 11 is 5.89. The van der Waals surface area contributed by atoms with E-state index in [9.17, 15) is 9.59 Å². The number of hydrogen-bond acceptors (Lipinski definition) is 3. The number of urea groups is 1. The number of halogens is 1. The van der Waals surface area contributed by atoms with Crippen molar-refractivity contribution in [3.63, 3.8) is 0 Å².